The van der Waals surface area contributed by atoms with Gasteiger partial charge in [0.05, 0.1) is 0 Å². The molecule has 21 heavy (non-hydrogen) atoms. The largest absolute Gasteiger partial charge is 0.352 e. The summed E-state index contributed by atoms with van der Waals surface area (Å²) in [5, 5.41) is 3.86. The molecule has 1 N–H and O–H groups in total. The summed E-state index contributed by atoms with van der Waals surface area (Å²) >= 11 is 3.45. The number of carbonyl (C=O) groups excluding carboxylic acids is 1. The van der Waals surface area contributed by atoms with Gasteiger partial charge in [0.15, 0.2) is 0 Å². The second kappa shape index (κ2) is 11.8. The smallest absolute Gasteiger partial charge is 0.220 e. The Morgan fingerprint density at radius 1 is 1.05 bits per heavy atom. The van der Waals surface area contributed by atoms with Gasteiger partial charge in [0.25, 0.3) is 0 Å². The number of alkyl halides is 1. The molecule has 0 atom stereocenters. The predicted molar refractivity (Wildman–Crippen MR) is 93.5 cm³/mol. The van der Waals surface area contributed by atoms with E-state index in [1.165, 1.54) is 49.7 Å². The van der Waals surface area contributed by atoms with Crippen molar-refractivity contribution in [2.45, 2.75) is 70.2 Å². The third-order valence-electron chi connectivity index (χ3n) is 3.64. The monoisotopic (exact) mass is 353 g/mol. The Hall–Kier alpha value is -0.830. The van der Waals surface area contributed by atoms with Gasteiger partial charge in [0, 0.05) is 18.3 Å². The number of rotatable bonds is 11. The summed E-state index contributed by atoms with van der Waals surface area (Å²) in [5.41, 5.74) is 2.41. The van der Waals surface area contributed by atoms with E-state index in [0.29, 0.717) is 13.0 Å². The van der Waals surface area contributed by atoms with Crippen LogP contribution in [0, 0.1) is 0 Å². The average molecular weight is 354 g/mol. The Balaban J connectivity index is 2.08. The van der Waals surface area contributed by atoms with E-state index in [1.807, 2.05) is 6.07 Å². The molecule has 0 spiro atoms. The highest BCUT2D eigenvalue weighted by atomic mass is 79.9. The molecule has 0 radical (unpaired) electrons. The molecule has 0 aliphatic heterocycles. The summed E-state index contributed by atoms with van der Waals surface area (Å²) in [6, 6.07) is 8.30. The minimum absolute atomic E-state index is 0.174. The van der Waals surface area contributed by atoms with Gasteiger partial charge in [-0.3, -0.25) is 4.79 Å². The molecule has 0 aromatic heterocycles. The van der Waals surface area contributed by atoms with E-state index in [-0.39, 0.29) is 5.91 Å². The minimum Gasteiger partial charge on any atom is -0.352 e. The van der Waals surface area contributed by atoms with Crippen LogP contribution in [0.25, 0.3) is 0 Å². The quantitative estimate of drug-likeness (QED) is 0.422. The minimum atomic E-state index is 0.174. The lowest BCUT2D eigenvalue weighted by molar-refractivity contribution is -0.121. The maximum Gasteiger partial charge on any atom is 0.220 e. The Kier molecular flexibility index (Phi) is 10.2. The highest BCUT2D eigenvalue weighted by Crippen LogP contribution is 2.10. The van der Waals surface area contributed by atoms with Gasteiger partial charge >= 0.3 is 0 Å². The van der Waals surface area contributed by atoms with Crippen molar-refractivity contribution in [2.75, 3.05) is 0 Å². The van der Waals surface area contributed by atoms with Crippen LogP contribution < -0.4 is 5.32 Å². The number of halogens is 1. The molecule has 3 heteroatoms. The first-order chi connectivity index (χ1) is 10.3. The molecule has 1 aromatic rings. The normalized spacial score (nSPS) is 10.6. The van der Waals surface area contributed by atoms with Crippen LogP contribution in [0.1, 0.15) is 69.4 Å². The standard InChI is InChI=1S/C18H28BrNO/c1-2-3-4-5-6-7-8-12-18(21)20-15-17-11-9-10-16(13-17)14-19/h9-11,13H,2-8,12,14-15H2,1H3,(H,20,21). The lowest BCUT2D eigenvalue weighted by atomic mass is 10.1. The average Bonchev–Trinajstić information content (AvgIpc) is 2.52. The van der Waals surface area contributed by atoms with Gasteiger partial charge in [0.1, 0.15) is 0 Å². The predicted octanol–water partition coefficient (Wildman–Crippen LogP) is 5.34. The first kappa shape index (κ1) is 18.2. The van der Waals surface area contributed by atoms with Crippen molar-refractivity contribution in [1.82, 2.24) is 5.32 Å². The Labute approximate surface area is 137 Å². The van der Waals surface area contributed by atoms with Gasteiger partial charge in [0.2, 0.25) is 5.91 Å². The van der Waals surface area contributed by atoms with E-state index in [4.69, 9.17) is 0 Å². The van der Waals surface area contributed by atoms with Crippen molar-refractivity contribution in [2.24, 2.45) is 0 Å². The van der Waals surface area contributed by atoms with E-state index in [1.54, 1.807) is 0 Å². The first-order valence-electron chi connectivity index (χ1n) is 8.16. The SMILES string of the molecule is CCCCCCCCCC(=O)NCc1cccc(CBr)c1. The van der Waals surface area contributed by atoms with Crippen LogP contribution in [0.5, 0.6) is 0 Å². The summed E-state index contributed by atoms with van der Waals surface area (Å²) in [4.78, 5) is 11.8. The van der Waals surface area contributed by atoms with Crippen molar-refractivity contribution in [3.8, 4) is 0 Å². The molecule has 0 fully saturated rings. The number of hydrogen-bond donors (Lipinski definition) is 1. The topological polar surface area (TPSA) is 29.1 Å². The van der Waals surface area contributed by atoms with E-state index >= 15 is 0 Å². The van der Waals surface area contributed by atoms with Crippen LogP contribution in [0.3, 0.4) is 0 Å². The fourth-order valence-electron chi connectivity index (χ4n) is 2.35. The molecule has 1 aromatic carbocycles. The van der Waals surface area contributed by atoms with Gasteiger partial charge in [-0.05, 0) is 17.5 Å². The molecule has 0 bridgehead atoms. The van der Waals surface area contributed by atoms with Crippen molar-refractivity contribution in [3.63, 3.8) is 0 Å². The zero-order valence-corrected chi connectivity index (χ0v) is 14.8. The highest BCUT2D eigenvalue weighted by Gasteiger charge is 2.02. The lowest BCUT2D eigenvalue weighted by Crippen LogP contribution is -2.22. The van der Waals surface area contributed by atoms with E-state index in [2.05, 4.69) is 46.4 Å². The number of amides is 1. The Morgan fingerprint density at radius 2 is 1.71 bits per heavy atom. The molecule has 0 aliphatic carbocycles. The van der Waals surface area contributed by atoms with Crippen LogP contribution in [-0.4, -0.2) is 5.91 Å². The summed E-state index contributed by atoms with van der Waals surface area (Å²) in [5.74, 6) is 0.174. The number of carbonyl (C=O) groups is 1. The lowest BCUT2D eigenvalue weighted by Gasteiger charge is -2.06. The zero-order chi connectivity index (χ0) is 15.3. The molecule has 0 aliphatic rings. The van der Waals surface area contributed by atoms with Crippen molar-refractivity contribution in [3.05, 3.63) is 35.4 Å². The van der Waals surface area contributed by atoms with Gasteiger partial charge in [-0.15, -0.1) is 0 Å². The fourth-order valence-corrected chi connectivity index (χ4v) is 2.70. The van der Waals surface area contributed by atoms with Crippen LogP contribution >= 0.6 is 15.9 Å². The molecular weight excluding hydrogens is 326 g/mol. The molecular formula is C18H28BrNO. The van der Waals surface area contributed by atoms with Crippen molar-refractivity contribution >= 4 is 21.8 Å². The van der Waals surface area contributed by atoms with E-state index in [0.717, 1.165) is 11.8 Å². The maximum atomic E-state index is 11.8. The van der Waals surface area contributed by atoms with Crippen LogP contribution in [-0.2, 0) is 16.7 Å². The van der Waals surface area contributed by atoms with E-state index < -0.39 is 0 Å². The number of nitrogens with one attached hydrogen (secondary N) is 1. The maximum absolute atomic E-state index is 11.8. The number of benzene rings is 1. The molecule has 1 rings (SSSR count). The number of hydrogen-bond acceptors (Lipinski definition) is 1. The molecule has 1 amide bonds. The first-order valence-corrected chi connectivity index (χ1v) is 9.29. The third kappa shape index (κ3) is 8.92. The summed E-state index contributed by atoms with van der Waals surface area (Å²) in [7, 11) is 0. The third-order valence-corrected chi connectivity index (χ3v) is 4.29. The summed E-state index contributed by atoms with van der Waals surface area (Å²) < 4.78 is 0. The van der Waals surface area contributed by atoms with Crippen molar-refractivity contribution < 1.29 is 4.79 Å². The summed E-state index contributed by atoms with van der Waals surface area (Å²) in [6.45, 7) is 2.87. The number of unbranched alkanes of at least 4 members (excludes halogenated alkanes) is 6. The zero-order valence-electron chi connectivity index (χ0n) is 13.2. The van der Waals surface area contributed by atoms with Crippen LogP contribution in [0.15, 0.2) is 24.3 Å². The van der Waals surface area contributed by atoms with E-state index in [9.17, 15) is 4.79 Å². The molecule has 0 unspecified atom stereocenters. The van der Waals surface area contributed by atoms with Crippen LogP contribution in [0.4, 0.5) is 0 Å². The van der Waals surface area contributed by atoms with Gasteiger partial charge < -0.3 is 5.32 Å². The second-order valence-electron chi connectivity index (χ2n) is 5.60. The van der Waals surface area contributed by atoms with Crippen LogP contribution in [0.2, 0.25) is 0 Å². The molecule has 0 saturated carbocycles. The Morgan fingerprint density at radius 3 is 2.43 bits per heavy atom. The van der Waals surface area contributed by atoms with Gasteiger partial charge in [-0.25, -0.2) is 0 Å². The molecule has 0 saturated heterocycles. The Bertz CT molecular complexity index is 406. The van der Waals surface area contributed by atoms with Gasteiger partial charge in [-0.2, -0.15) is 0 Å². The second-order valence-corrected chi connectivity index (χ2v) is 6.16. The molecule has 0 heterocycles. The fraction of sp³-hybridized carbons (Fsp3) is 0.611. The van der Waals surface area contributed by atoms with Crippen molar-refractivity contribution in [1.29, 1.82) is 0 Å². The highest BCUT2D eigenvalue weighted by molar-refractivity contribution is 9.08. The summed E-state index contributed by atoms with van der Waals surface area (Å²) in [6.07, 6.45) is 9.40. The molecule has 118 valence electrons. The van der Waals surface area contributed by atoms with Gasteiger partial charge in [-0.1, -0.05) is 85.6 Å². The molecule has 2 nitrogen and oxygen atoms in total.